The van der Waals surface area contributed by atoms with Crippen LogP contribution in [0.2, 0.25) is 0 Å². The van der Waals surface area contributed by atoms with E-state index in [9.17, 15) is 30.8 Å². The van der Waals surface area contributed by atoms with Crippen molar-refractivity contribution < 1.29 is 45.4 Å². The lowest BCUT2D eigenvalue weighted by atomic mass is 10.3. The van der Waals surface area contributed by atoms with Gasteiger partial charge in [-0.2, -0.15) is 17.5 Å². The Labute approximate surface area is 174 Å². The second-order valence-electron chi connectivity index (χ2n) is 5.89. The van der Waals surface area contributed by atoms with Crippen molar-refractivity contribution in [3.63, 3.8) is 0 Å². The maximum Gasteiger partial charge on any atom is 0.490 e. The summed E-state index contributed by atoms with van der Waals surface area (Å²) in [5.74, 6) is -2.90. The standard InChI is InChI=1S/C14H19FN4O4S.C2HF3O2/c15-7-11(8-16)10-23-12-1-3-17-9-13(12)24(21,22)19-5-2-14(20)18-4-6-19;3-2(4,5)1(6)7/h1,3,7,9H,2,4-6,8,10,16H2,(H,18,20);(H,6,7)/b11-7+;. The molecule has 0 saturated carbocycles. The molecule has 1 saturated heterocycles. The number of sulfonamides is 1. The second kappa shape index (κ2) is 11.6. The van der Waals surface area contributed by atoms with E-state index < -0.39 is 22.2 Å². The maximum absolute atomic E-state index is 12.8. The predicted molar refractivity (Wildman–Crippen MR) is 98.1 cm³/mol. The van der Waals surface area contributed by atoms with Gasteiger partial charge in [-0.15, -0.1) is 0 Å². The maximum atomic E-state index is 12.8. The molecule has 0 unspecified atom stereocenters. The van der Waals surface area contributed by atoms with Gasteiger partial charge < -0.3 is 20.9 Å². The summed E-state index contributed by atoms with van der Waals surface area (Å²) in [6, 6.07) is 1.39. The average Bonchev–Trinajstić information content (AvgIpc) is 2.93. The molecule has 0 atom stereocenters. The van der Waals surface area contributed by atoms with Crippen LogP contribution in [-0.4, -0.2) is 73.7 Å². The summed E-state index contributed by atoms with van der Waals surface area (Å²) in [6.07, 6.45) is -2.12. The lowest BCUT2D eigenvalue weighted by Crippen LogP contribution is -2.34. The van der Waals surface area contributed by atoms with Crippen molar-refractivity contribution in [2.75, 3.05) is 32.8 Å². The van der Waals surface area contributed by atoms with Gasteiger partial charge in [-0.3, -0.25) is 9.78 Å². The molecule has 1 fully saturated rings. The van der Waals surface area contributed by atoms with Crippen molar-refractivity contribution in [1.82, 2.24) is 14.6 Å². The number of rotatable bonds is 6. The van der Waals surface area contributed by atoms with Gasteiger partial charge in [0.15, 0.2) is 0 Å². The van der Waals surface area contributed by atoms with Gasteiger partial charge in [0.25, 0.3) is 0 Å². The number of aliphatic carboxylic acids is 1. The molecule has 4 N–H and O–H groups in total. The molecule has 0 aliphatic carbocycles. The van der Waals surface area contributed by atoms with Crippen LogP contribution in [0.3, 0.4) is 0 Å². The molecule has 2 rings (SSSR count). The fraction of sp³-hybridized carbons (Fsp3) is 0.438. The molecule has 174 valence electrons. The van der Waals surface area contributed by atoms with Crippen LogP contribution >= 0.6 is 0 Å². The molecule has 0 spiro atoms. The second-order valence-corrected chi connectivity index (χ2v) is 7.80. The van der Waals surface area contributed by atoms with Gasteiger partial charge >= 0.3 is 12.1 Å². The fourth-order valence-electron chi connectivity index (χ4n) is 2.11. The summed E-state index contributed by atoms with van der Waals surface area (Å²) < 4.78 is 76.5. The monoisotopic (exact) mass is 472 g/mol. The van der Waals surface area contributed by atoms with E-state index in [0.29, 0.717) is 6.33 Å². The molecule has 31 heavy (non-hydrogen) atoms. The largest absolute Gasteiger partial charge is 0.490 e. The van der Waals surface area contributed by atoms with E-state index in [1.807, 2.05) is 0 Å². The zero-order valence-electron chi connectivity index (χ0n) is 15.9. The number of alkyl halides is 3. The number of hydrogen-bond donors (Lipinski definition) is 3. The molecule has 15 heteroatoms. The molecular weight excluding hydrogens is 452 g/mol. The van der Waals surface area contributed by atoms with Crippen LogP contribution in [0.15, 0.2) is 35.3 Å². The van der Waals surface area contributed by atoms with Crippen LogP contribution < -0.4 is 15.8 Å². The van der Waals surface area contributed by atoms with E-state index in [0.717, 1.165) is 0 Å². The number of nitrogens with one attached hydrogen (secondary N) is 1. The number of ether oxygens (including phenoxy) is 1. The highest BCUT2D eigenvalue weighted by Crippen LogP contribution is 2.26. The summed E-state index contributed by atoms with van der Waals surface area (Å²) >= 11 is 0. The number of pyridine rings is 1. The Hall–Kier alpha value is -2.78. The third-order valence-corrected chi connectivity index (χ3v) is 5.62. The number of nitrogens with two attached hydrogens (primary N) is 1. The Morgan fingerprint density at radius 2 is 2.03 bits per heavy atom. The van der Waals surface area contributed by atoms with Crippen molar-refractivity contribution in [2.45, 2.75) is 17.5 Å². The highest BCUT2D eigenvalue weighted by atomic mass is 32.2. The Balaban J connectivity index is 0.000000592. The Morgan fingerprint density at radius 1 is 1.39 bits per heavy atom. The molecule has 0 bridgehead atoms. The van der Waals surface area contributed by atoms with Gasteiger partial charge in [-0.05, 0) is 6.07 Å². The molecule has 2 heterocycles. The normalized spacial score (nSPS) is 15.9. The Morgan fingerprint density at radius 3 is 2.58 bits per heavy atom. The van der Waals surface area contributed by atoms with Gasteiger partial charge in [0.05, 0.1) is 12.5 Å². The smallest absolute Gasteiger partial charge is 0.488 e. The third-order valence-electron chi connectivity index (χ3n) is 3.71. The first kappa shape index (κ1) is 26.3. The lowest BCUT2D eigenvalue weighted by Gasteiger charge is -2.20. The lowest BCUT2D eigenvalue weighted by molar-refractivity contribution is -0.192. The minimum Gasteiger partial charge on any atom is -0.488 e. The van der Waals surface area contributed by atoms with Gasteiger partial charge in [-0.1, -0.05) is 0 Å². The van der Waals surface area contributed by atoms with E-state index in [1.54, 1.807) is 0 Å². The van der Waals surface area contributed by atoms with Gasteiger partial charge in [0, 0.05) is 44.4 Å². The fourth-order valence-corrected chi connectivity index (χ4v) is 3.63. The molecule has 10 nitrogen and oxygen atoms in total. The molecule has 1 aromatic rings. The summed E-state index contributed by atoms with van der Waals surface area (Å²) in [4.78, 5) is 24.0. The molecular formula is C16H20F4N4O6S. The first-order chi connectivity index (χ1) is 14.4. The number of carbonyl (C=O) groups is 2. The van der Waals surface area contributed by atoms with Gasteiger partial charge in [0.1, 0.15) is 17.3 Å². The van der Waals surface area contributed by atoms with Crippen molar-refractivity contribution in [3.05, 3.63) is 30.4 Å². The first-order valence-corrected chi connectivity index (χ1v) is 9.99. The van der Waals surface area contributed by atoms with Crippen molar-refractivity contribution in [1.29, 1.82) is 0 Å². The van der Waals surface area contributed by atoms with Gasteiger partial charge in [-0.25, -0.2) is 17.6 Å². The van der Waals surface area contributed by atoms with Crippen LogP contribution in [0, 0.1) is 0 Å². The highest BCUT2D eigenvalue weighted by Gasteiger charge is 2.38. The number of amides is 1. The van der Waals surface area contributed by atoms with Crippen LogP contribution in [0.25, 0.3) is 0 Å². The topological polar surface area (TPSA) is 152 Å². The number of carboxylic acids is 1. The summed E-state index contributed by atoms with van der Waals surface area (Å²) in [6.45, 7) is 0.251. The van der Waals surface area contributed by atoms with E-state index >= 15 is 0 Å². The Bertz CT molecular complexity index is 908. The summed E-state index contributed by atoms with van der Waals surface area (Å²) in [5.41, 5.74) is 5.55. The number of halogens is 4. The van der Waals surface area contributed by atoms with Crippen molar-refractivity contribution in [2.24, 2.45) is 5.73 Å². The molecule has 1 aliphatic heterocycles. The predicted octanol–water partition coefficient (Wildman–Crippen LogP) is 0.416. The molecule has 0 radical (unpaired) electrons. The van der Waals surface area contributed by atoms with E-state index in [1.165, 1.54) is 22.8 Å². The number of carboxylic acid groups (broad SMARTS) is 1. The number of aromatic nitrogens is 1. The highest BCUT2D eigenvalue weighted by molar-refractivity contribution is 7.89. The number of carbonyl (C=O) groups excluding carboxylic acids is 1. The minimum absolute atomic E-state index is 0.0381. The zero-order chi connectivity index (χ0) is 23.7. The molecule has 1 aromatic heterocycles. The average molecular weight is 472 g/mol. The van der Waals surface area contributed by atoms with E-state index in [2.05, 4.69) is 10.3 Å². The summed E-state index contributed by atoms with van der Waals surface area (Å²) in [7, 11) is -3.89. The number of hydrogen-bond acceptors (Lipinski definition) is 7. The van der Waals surface area contributed by atoms with Gasteiger partial charge in [0.2, 0.25) is 15.9 Å². The first-order valence-electron chi connectivity index (χ1n) is 8.55. The van der Waals surface area contributed by atoms with Crippen LogP contribution in [-0.2, 0) is 19.6 Å². The van der Waals surface area contributed by atoms with Crippen LogP contribution in [0.5, 0.6) is 5.75 Å². The Kier molecular flexibility index (Phi) is 9.80. The van der Waals surface area contributed by atoms with Crippen molar-refractivity contribution >= 4 is 21.9 Å². The SMILES string of the molecule is NC/C(=C\F)COc1ccncc1S(=O)(=O)N1CCNC(=O)CC1.O=C(O)C(F)(F)F. The quantitative estimate of drug-likeness (QED) is 0.504. The zero-order valence-corrected chi connectivity index (χ0v) is 16.7. The van der Waals surface area contributed by atoms with Crippen LogP contribution in [0.4, 0.5) is 17.6 Å². The van der Waals surface area contributed by atoms with E-state index in [4.69, 9.17) is 20.4 Å². The van der Waals surface area contributed by atoms with E-state index in [-0.39, 0.29) is 61.3 Å². The summed E-state index contributed by atoms with van der Waals surface area (Å²) in [5, 5.41) is 9.74. The molecule has 0 aromatic carbocycles. The van der Waals surface area contributed by atoms with Crippen LogP contribution in [0.1, 0.15) is 6.42 Å². The molecule has 1 amide bonds. The molecule has 1 aliphatic rings. The number of nitrogens with zero attached hydrogens (tertiary/aromatic N) is 2. The minimum atomic E-state index is -5.08. The third kappa shape index (κ3) is 8.10. The van der Waals surface area contributed by atoms with Crippen molar-refractivity contribution in [3.8, 4) is 5.75 Å².